The van der Waals surface area contributed by atoms with E-state index in [2.05, 4.69) is 15.1 Å². The molecule has 0 aliphatic rings. The molecule has 0 spiro atoms. The maximum atomic E-state index is 12.6. The van der Waals surface area contributed by atoms with Crippen LogP contribution in [-0.4, -0.2) is 37.3 Å². The molecule has 1 heterocycles. The third-order valence-electron chi connectivity index (χ3n) is 4.87. The first-order valence-electron chi connectivity index (χ1n) is 11.0. The van der Waals surface area contributed by atoms with E-state index < -0.39 is 10.0 Å². The molecule has 34 heavy (non-hydrogen) atoms. The molecule has 0 saturated carbocycles. The quantitative estimate of drug-likeness (QED) is 0.432. The smallest absolute Gasteiger partial charge is 0.266 e. The minimum atomic E-state index is -3.79. The van der Waals surface area contributed by atoms with E-state index in [0.717, 1.165) is 17.7 Å². The van der Waals surface area contributed by atoms with Crippen LogP contribution in [0.25, 0.3) is 11.3 Å². The Morgan fingerprint density at radius 1 is 1.00 bits per heavy atom. The normalized spacial score (nSPS) is 11.2. The van der Waals surface area contributed by atoms with E-state index >= 15 is 0 Å². The van der Waals surface area contributed by atoms with Crippen molar-refractivity contribution < 1.29 is 17.9 Å². The first-order valence-corrected chi connectivity index (χ1v) is 12.5. The van der Waals surface area contributed by atoms with Crippen LogP contribution in [0, 0.1) is 0 Å². The third kappa shape index (κ3) is 6.75. The molecule has 0 aliphatic heterocycles. The van der Waals surface area contributed by atoms with Crippen molar-refractivity contribution >= 4 is 21.6 Å². The number of amides is 1. The molecule has 2 aromatic carbocycles. The molecule has 0 saturated heterocycles. The largest absolute Gasteiger partial charge is 0.494 e. The number of carbonyl (C=O) groups excluding carboxylic acids is 1. The molecular weight excluding hydrogens is 456 g/mol. The van der Waals surface area contributed by atoms with Gasteiger partial charge in [-0.1, -0.05) is 6.92 Å². The van der Waals surface area contributed by atoms with Gasteiger partial charge < -0.3 is 10.1 Å². The zero-order valence-electron chi connectivity index (χ0n) is 19.2. The van der Waals surface area contributed by atoms with Crippen LogP contribution in [0.3, 0.4) is 0 Å². The van der Waals surface area contributed by atoms with Gasteiger partial charge in [0, 0.05) is 30.3 Å². The van der Waals surface area contributed by atoms with Crippen LogP contribution in [-0.2, 0) is 21.4 Å². The van der Waals surface area contributed by atoms with Crippen LogP contribution in [0.2, 0.25) is 0 Å². The summed E-state index contributed by atoms with van der Waals surface area (Å²) in [7, 11) is -3.79. The molecule has 2 N–H and O–H groups in total. The Labute approximate surface area is 198 Å². The van der Waals surface area contributed by atoms with Crippen LogP contribution < -0.4 is 20.3 Å². The van der Waals surface area contributed by atoms with Crippen LogP contribution >= 0.6 is 0 Å². The van der Waals surface area contributed by atoms with Gasteiger partial charge in [0.1, 0.15) is 5.75 Å². The number of carbonyl (C=O) groups is 1. The predicted octanol–water partition coefficient (Wildman–Crippen LogP) is 3.03. The van der Waals surface area contributed by atoms with E-state index in [1.54, 1.807) is 6.07 Å². The van der Waals surface area contributed by atoms with Crippen molar-refractivity contribution in [2.45, 2.75) is 38.1 Å². The lowest BCUT2D eigenvalue weighted by Gasteiger charge is -2.10. The van der Waals surface area contributed by atoms with Crippen molar-refractivity contribution in [2.24, 2.45) is 0 Å². The second kappa shape index (κ2) is 11.6. The predicted molar refractivity (Wildman–Crippen MR) is 130 cm³/mol. The molecule has 0 bridgehead atoms. The van der Waals surface area contributed by atoms with Gasteiger partial charge in [-0.15, -0.1) is 0 Å². The van der Waals surface area contributed by atoms with Gasteiger partial charge >= 0.3 is 0 Å². The van der Waals surface area contributed by atoms with Crippen molar-refractivity contribution in [1.29, 1.82) is 0 Å². The molecule has 0 unspecified atom stereocenters. The molecule has 3 aromatic rings. The SMILES string of the molecule is CCCC(=O)Nc1ccc(S(=O)(=O)NCCn2nc(-c3ccc(OCC)cc3)ccc2=O)cc1. The second-order valence-electron chi connectivity index (χ2n) is 7.46. The van der Waals surface area contributed by atoms with Crippen LogP contribution in [0.5, 0.6) is 5.75 Å². The number of anilines is 1. The minimum absolute atomic E-state index is 0.0169. The summed E-state index contributed by atoms with van der Waals surface area (Å²) in [4.78, 5) is 23.9. The maximum Gasteiger partial charge on any atom is 0.266 e. The highest BCUT2D eigenvalue weighted by atomic mass is 32.2. The molecule has 9 nitrogen and oxygen atoms in total. The number of hydrogen-bond acceptors (Lipinski definition) is 6. The summed E-state index contributed by atoms with van der Waals surface area (Å²) in [5.74, 6) is 0.618. The van der Waals surface area contributed by atoms with Crippen LogP contribution in [0.15, 0.2) is 70.4 Å². The molecule has 180 valence electrons. The van der Waals surface area contributed by atoms with Crippen LogP contribution in [0.1, 0.15) is 26.7 Å². The Morgan fingerprint density at radius 2 is 1.71 bits per heavy atom. The zero-order valence-corrected chi connectivity index (χ0v) is 20.0. The monoisotopic (exact) mass is 484 g/mol. The van der Waals surface area contributed by atoms with Gasteiger partial charge in [0.25, 0.3) is 5.56 Å². The first kappa shape index (κ1) is 25.1. The minimum Gasteiger partial charge on any atom is -0.494 e. The maximum absolute atomic E-state index is 12.6. The molecule has 3 rings (SSSR count). The van der Waals surface area contributed by atoms with Gasteiger partial charge in [0.15, 0.2) is 0 Å². The lowest BCUT2D eigenvalue weighted by molar-refractivity contribution is -0.116. The number of nitrogens with one attached hydrogen (secondary N) is 2. The Morgan fingerprint density at radius 3 is 2.35 bits per heavy atom. The Balaban J connectivity index is 1.63. The zero-order chi connectivity index (χ0) is 24.6. The number of hydrogen-bond donors (Lipinski definition) is 2. The third-order valence-corrected chi connectivity index (χ3v) is 6.35. The average Bonchev–Trinajstić information content (AvgIpc) is 2.81. The van der Waals surface area contributed by atoms with E-state index in [1.165, 1.54) is 35.0 Å². The van der Waals surface area contributed by atoms with E-state index in [-0.39, 0.29) is 29.5 Å². The van der Waals surface area contributed by atoms with E-state index in [1.807, 2.05) is 38.1 Å². The number of aromatic nitrogens is 2. The van der Waals surface area contributed by atoms with E-state index in [0.29, 0.717) is 24.4 Å². The molecule has 1 amide bonds. The molecule has 0 radical (unpaired) electrons. The van der Waals surface area contributed by atoms with Gasteiger partial charge in [-0.3, -0.25) is 9.59 Å². The van der Waals surface area contributed by atoms with Gasteiger partial charge in [0.05, 0.1) is 23.7 Å². The van der Waals surface area contributed by atoms with Gasteiger partial charge in [-0.05, 0) is 67.9 Å². The van der Waals surface area contributed by atoms with E-state index in [4.69, 9.17) is 4.74 Å². The van der Waals surface area contributed by atoms with Crippen molar-refractivity contribution in [3.63, 3.8) is 0 Å². The van der Waals surface area contributed by atoms with E-state index in [9.17, 15) is 18.0 Å². The summed E-state index contributed by atoms with van der Waals surface area (Å²) >= 11 is 0. The highest BCUT2D eigenvalue weighted by molar-refractivity contribution is 7.89. The second-order valence-corrected chi connectivity index (χ2v) is 9.22. The Kier molecular flexibility index (Phi) is 8.55. The molecule has 0 fully saturated rings. The fraction of sp³-hybridized carbons (Fsp3) is 0.292. The molecule has 10 heteroatoms. The number of rotatable bonds is 11. The van der Waals surface area contributed by atoms with Gasteiger partial charge in [-0.2, -0.15) is 5.10 Å². The molecular formula is C24H28N4O5S. The fourth-order valence-corrected chi connectivity index (χ4v) is 4.21. The molecule has 0 atom stereocenters. The van der Waals surface area contributed by atoms with Gasteiger partial charge in [0.2, 0.25) is 15.9 Å². The summed E-state index contributed by atoms with van der Waals surface area (Å²) in [6.45, 7) is 4.42. The Hall–Kier alpha value is -3.50. The standard InChI is InChI=1S/C24H28N4O5S/c1-3-5-23(29)26-19-8-12-21(13-9-19)34(31,32)25-16-17-28-24(30)15-14-22(27-28)18-6-10-20(11-7-18)33-4-2/h6-15,25H,3-5,16-17H2,1-2H3,(H,26,29). The summed E-state index contributed by atoms with van der Waals surface area (Å²) in [5, 5.41) is 7.07. The Bertz CT molecular complexity index is 1270. The lowest BCUT2D eigenvalue weighted by atomic mass is 10.1. The summed E-state index contributed by atoms with van der Waals surface area (Å²) in [6, 6.07) is 16.3. The average molecular weight is 485 g/mol. The molecule has 0 aliphatic carbocycles. The summed E-state index contributed by atoms with van der Waals surface area (Å²) < 4.78 is 34.3. The summed E-state index contributed by atoms with van der Waals surface area (Å²) in [5.41, 5.74) is 1.59. The number of benzene rings is 2. The number of sulfonamides is 1. The van der Waals surface area contributed by atoms with Crippen molar-refractivity contribution in [2.75, 3.05) is 18.5 Å². The van der Waals surface area contributed by atoms with Crippen molar-refractivity contribution in [1.82, 2.24) is 14.5 Å². The number of nitrogens with zero attached hydrogens (tertiary/aromatic N) is 2. The topological polar surface area (TPSA) is 119 Å². The summed E-state index contributed by atoms with van der Waals surface area (Å²) in [6.07, 6.45) is 1.12. The van der Waals surface area contributed by atoms with Crippen LogP contribution in [0.4, 0.5) is 5.69 Å². The highest BCUT2D eigenvalue weighted by Crippen LogP contribution is 2.20. The fourth-order valence-electron chi connectivity index (χ4n) is 3.19. The molecule has 1 aromatic heterocycles. The van der Waals surface area contributed by atoms with Crippen molar-refractivity contribution in [3.05, 3.63) is 71.0 Å². The first-order chi connectivity index (χ1) is 16.3. The van der Waals surface area contributed by atoms with Crippen molar-refractivity contribution in [3.8, 4) is 17.0 Å². The lowest BCUT2D eigenvalue weighted by Crippen LogP contribution is -2.32. The highest BCUT2D eigenvalue weighted by Gasteiger charge is 2.14. The van der Waals surface area contributed by atoms with Gasteiger partial charge in [-0.25, -0.2) is 17.8 Å². The number of ether oxygens (including phenoxy) is 1.